The lowest BCUT2D eigenvalue weighted by molar-refractivity contribution is -0.123. The number of hydrogen-bond acceptors (Lipinski definition) is 3. The van der Waals surface area contributed by atoms with Gasteiger partial charge in [0.05, 0.1) is 20.8 Å². The number of halogens is 4. The summed E-state index contributed by atoms with van der Waals surface area (Å²) in [5.74, 6) is -0.176. The lowest BCUT2D eigenvalue weighted by atomic mass is 10.1. The first-order valence-electron chi connectivity index (χ1n) is 6.73. The molecule has 0 saturated heterocycles. The summed E-state index contributed by atoms with van der Waals surface area (Å²) >= 11 is 23.5. The average Bonchev–Trinajstić information content (AvgIpc) is 2.55. The van der Waals surface area contributed by atoms with Crippen LogP contribution < -0.4 is 10.2 Å². The first-order valence-corrected chi connectivity index (χ1v) is 8.24. The van der Waals surface area contributed by atoms with E-state index in [-0.39, 0.29) is 22.4 Å². The average molecular weight is 406 g/mol. The Hall–Kier alpha value is -1.46. The van der Waals surface area contributed by atoms with E-state index in [1.165, 1.54) is 12.1 Å². The second-order valence-electron chi connectivity index (χ2n) is 4.72. The minimum Gasteiger partial charge on any atom is -0.482 e. The van der Waals surface area contributed by atoms with Gasteiger partial charge >= 0.3 is 0 Å². The van der Waals surface area contributed by atoms with Gasteiger partial charge < -0.3 is 4.74 Å². The highest BCUT2D eigenvalue weighted by Crippen LogP contribution is 2.33. The molecule has 1 amide bonds. The van der Waals surface area contributed by atoms with Crippen molar-refractivity contribution in [1.29, 1.82) is 0 Å². The number of hydrogen-bond donors (Lipinski definition) is 1. The number of ether oxygens (including phenoxy) is 1. The van der Waals surface area contributed by atoms with E-state index in [0.717, 1.165) is 5.56 Å². The van der Waals surface area contributed by atoms with Crippen LogP contribution in [-0.2, 0) is 4.79 Å². The Labute approximate surface area is 159 Å². The Bertz CT molecular complexity index is 776. The van der Waals surface area contributed by atoms with Gasteiger partial charge in [-0.05, 0) is 30.7 Å². The molecule has 2 rings (SSSR count). The Balaban J connectivity index is 1.93. The number of carbonyl (C=O) groups is 1. The van der Waals surface area contributed by atoms with Crippen molar-refractivity contribution in [1.82, 2.24) is 5.43 Å². The van der Waals surface area contributed by atoms with Crippen LogP contribution >= 0.6 is 46.4 Å². The molecule has 0 saturated carbocycles. The molecule has 0 heterocycles. The summed E-state index contributed by atoms with van der Waals surface area (Å²) in [6, 6.07) is 9.99. The van der Waals surface area contributed by atoms with Crippen molar-refractivity contribution in [2.75, 3.05) is 6.61 Å². The summed E-state index contributed by atoms with van der Waals surface area (Å²) in [5.41, 5.74) is 3.87. The van der Waals surface area contributed by atoms with Crippen LogP contribution in [0.2, 0.25) is 20.1 Å². The molecule has 0 spiro atoms. The fourth-order valence-electron chi connectivity index (χ4n) is 1.69. The van der Waals surface area contributed by atoms with Crippen LogP contribution in [0.15, 0.2) is 41.5 Å². The van der Waals surface area contributed by atoms with Gasteiger partial charge in [0.2, 0.25) is 0 Å². The lowest BCUT2D eigenvalue weighted by Gasteiger charge is -2.08. The first-order chi connectivity index (χ1) is 11.4. The van der Waals surface area contributed by atoms with Gasteiger partial charge in [-0.25, -0.2) is 5.43 Å². The molecule has 126 valence electrons. The normalized spacial score (nSPS) is 11.3. The van der Waals surface area contributed by atoms with Gasteiger partial charge in [-0.15, -0.1) is 0 Å². The monoisotopic (exact) mass is 404 g/mol. The smallest absolute Gasteiger partial charge is 0.277 e. The van der Waals surface area contributed by atoms with E-state index in [9.17, 15) is 4.79 Å². The standard InChI is InChI=1S/C16H12Cl4N2O2/c1-9(10-2-4-11(17)5-3-10)21-22-16(23)8-24-15-7-13(19)12(18)6-14(15)20/h2-7H,8H2,1H3,(H,22,23). The minimum absolute atomic E-state index is 0.262. The third-order valence-electron chi connectivity index (χ3n) is 2.94. The molecule has 0 aliphatic carbocycles. The maximum atomic E-state index is 11.8. The summed E-state index contributed by atoms with van der Waals surface area (Å²) in [6.45, 7) is 1.50. The third kappa shape index (κ3) is 5.28. The van der Waals surface area contributed by atoms with E-state index in [0.29, 0.717) is 15.8 Å². The van der Waals surface area contributed by atoms with Crippen LogP contribution in [-0.4, -0.2) is 18.2 Å². The predicted molar refractivity (Wildman–Crippen MR) is 98.8 cm³/mol. The first kappa shape index (κ1) is 18.9. The van der Waals surface area contributed by atoms with E-state index in [1.807, 2.05) is 0 Å². The van der Waals surface area contributed by atoms with E-state index < -0.39 is 5.91 Å². The summed E-state index contributed by atoms with van der Waals surface area (Å²) in [4.78, 5) is 11.8. The van der Waals surface area contributed by atoms with Gasteiger partial charge in [0.1, 0.15) is 5.75 Å². The van der Waals surface area contributed by atoms with Crippen LogP contribution in [0.5, 0.6) is 5.75 Å². The van der Waals surface area contributed by atoms with Crippen LogP contribution in [0.3, 0.4) is 0 Å². The molecule has 24 heavy (non-hydrogen) atoms. The Morgan fingerprint density at radius 3 is 2.33 bits per heavy atom. The van der Waals surface area contributed by atoms with Crippen LogP contribution in [0.4, 0.5) is 0 Å². The highest BCUT2D eigenvalue weighted by atomic mass is 35.5. The fourth-order valence-corrected chi connectivity index (χ4v) is 2.41. The number of nitrogens with zero attached hydrogens (tertiary/aromatic N) is 1. The molecule has 4 nitrogen and oxygen atoms in total. The molecule has 0 aliphatic heterocycles. The summed E-state index contributed by atoms with van der Waals surface area (Å²) in [5, 5.41) is 5.49. The summed E-state index contributed by atoms with van der Waals surface area (Å²) in [6.07, 6.45) is 0. The molecule has 0 radical (unpaired) electrons. The van der Waals surface area contributed by atoms with Gasteiger partial charge in [0.15, 0.2) is 6.61 Å². The number of carbonyl (C=O) groups excluding carboxylic acids is 1. The van der Waals surface area contributed by atoms with Crippen molar-refractivity contribution in [3.63, 3.8) is 0 Å². The van der Waals surface area contributed by atoms with Gasteiger partial charge in [0.25, 0.3) is 5.91 Å². The number of hydrazone groups is 1. The molecular formula is C16H12Cl4N2O2. The molecule has 0 aliphatic rings. The van der Waals surface area contributed by atoms with Crippen molar-refractivity contribution in [2.24, 2.45) is 5.10 Å². The number of amides is 1. The van der Waals surface area contributed by atoms with Crippen LogP contribution in [0, 0.1) is 0 Å². The zero-order valence-electron chi connectivity index (χ0n) is 12.4. The highest BCUT2D eigenvalue weighted by molar-refractivity contribution is 6.43. The number of benzene rings is 2. The van der Waals surface area contributed by atoms with E-state index in [1.54, 1.807) is 31.2 Å². The minimum atomic E-state index is -0.439. The van der Waals surface area contributed by atoms with E-state index in [4.69, 9.17) is 51.1 Å². The maximum Gasteiger partial charge on any atom is 0.277 e. The highest BCUT2D eigenvalue weighted by Gasteiger charge is 2.09. The zero-order valence-corrected chi connectivity index (χ0v) is 15.5. The van der Waals surface area contributed by atoms with Crippen LogP contribution in [0.25, 0.3) is 0 Å². The Morgan fingerprint density at radius 1 is 1.04 bits per heavy atom. The molecule has 8 heteroatoms. The SMILES string of the molecule is CC(=NNC(=O)COc1cc(Cl)c(Cl)cc1Cl)c1ccc(Cl)cc1. The van der Waals surface area contributed by atoms with Crippen molar-refractivity contribution in [3.8, 4) is 5.75 Å². The second kappa shape index (κ2) is 8.58. The molecule has 1 N–H and O–H groups in total. The third-order valence-corrected chi connectivity index (χ3v) is 4.21. The van der Waals surface area contributed by atoms with Gasteiger partial charge in [0, 0.05) is 11.1 Å². The van der Waals surface area contributed by atoms with Crippen molar-refractivity contribution in [2.45, 2.75) is 6.92 Å². The summed E-state index contributed by atoms with van der Waals surface area (Å²) in [7, 11) is 0. The fraction of sp³-hybridized carbons (Fsp3) is 0.125. The molecule has 2 aromatic carbocycles. The molecule has 0 fully saturated rings. The largest absolute Gasteiger partial charge is 0.482 e. The summed E-state index contributed by atoms with van der Waals surface area (Å²) < 4.78 is 5.31. The molecule has 0 atom stereocenters. The second-order valence-corrected chi connectivity index (χ2v) is 6.38. The molecular weight excluding hydrogens is 394 g/mol. The maximum absolute atomic E-state index is 11.8. The lowest BCUT2D eigenvalue weighted by Crippen LogP contribution is -2.25. The van der Waals surface area contributed by atoms with Crippen molar-refractivity contribution >= 4 is 58.0 Å². The molecule has 0 aromatic heterocycles. The van der Waals surface area contributed by atoms with E-state index >= 15 is 0 Å². The van der Waals surface area contributed by atoms with Gasteiger partial charge in [-0.1, -0.05) is 58.5 Å². The van der Waals surface area contributed by atoms with Crippen molar-refractivity contribution in [3.05, 3.63) is 62.1 Å². The quantitative estimate of drug-likeness (QED) is 0.421. The van der Waals surface area contributed by atoms with Gasteiger partial charge in [-0.2, -0.15) is 5.10 Å². The number of nitrogens with one attached hydrogen (secondary N) is 1. The molecule has 0 unspecified atom stereocenters. The topological polar surface area (TPSA) is 50.7 Å². The number of rotatable bonds is 5. The molecule has 0 bridgehead atoms. The zero-order chi connectivity index (χ0) is 17.7. The Morgan fingerprint density at radius 2 is 1.67 bits per heavy atom. The Kier molecular flexibility index (Phi) is 6.75. The molecule has 2 aromatic rings. The van der Waals surface area contributed by atoms with Crippen molar-refractivity contribution < 1.29 is 9.53 Å². The van der Waals surface area contributed by atoms with Crippen LogP contribution in [0.1, 0.15) is 12.5 Å². The predicted octanol–water partition coefficient (Wildman–Crippen LogP) is 5.22. The van der Waals surface area contributed by atoms with E-state index in [2.05, 4.69) is 10.5 Å². The van der Waals surface area contributed by atoms with Gasteiger partial charge in [-0.3, -0.25) is 4.79 Å².